The second-order valence-electron chi connectivity index (χ2n) is 4.37. The van der Waals surface area contributed by atoms with Crippen molar-refractivity contribution >= 4 is 5.91 Å². The summed E-state index contributed by atoms with van der Waals surface area (Å²) in [4.78, 5) is 13.5. The summed E-state index contributed by atoms with van der Waals surface area (Å²) in [5, 5.41) is 8.65. The van der Waals surface area contributed by atoms with Gasteiger partial charge in [-0.3, -0.25) is 4.79 Å². The zero-order chi connectivity index (χ0) is 12.8. The SMILES string of the molecule is N#CCC1CN(CCc2ccccc2)C(=O)CO1. The third kappa shape index (κ3) is 3.31. The molecule has 4 nitrogen and oxygen atoms in total. The van der Waals surface area contributed by atoms with Crippen LogP contribution in [0.3, 0.4) is 0 Å². The van der Waals surface area contributed by atoms with Crippen LogP contribution in [-0.4, -0.2) is 36.6 Å². The number of hydrogen-bond donors (Lipinski definition) is 0. The Morgan fingerprint density at radius 3 is 2.89 bits per heavy atom. The second-order valence-corrected chi connectivity index (χ2v) is 4.37. The molecule has 1 aromatic carbocycles. The molecule has 0 spiro atoms. The minimum absolute atomic E-state index is 0.0140. The van der Waals surface area contributed by atoms with Gasteiger partial charge in [0.15, 0.2) is 0 Å². The van der Waals surface area contributed by atoms with Crippen molar-refractivity contribution in [2.24, 2.45) is 0 Å². The van der Waals surface area contributed by atoms with Crippen LogP contribution in [0, 0.1) is 11.3 Å². The van der Waals surface area contributed by atoms with Gasteiger partial charge in [0.25, 0.3) is 0 Å². The van der Waals surface area contributed by atoms with Crippen LogP contribution in [0.15, 0.2) is 30.3 Å². The fourth-order valence-electron chi connectivity index (χ4n) is 2.03. The largest absolute Gasteiger partial charge is 0.365 e. The van der Waals surface area contributed by atoms with Gasteiger partial charge in [-0.15, -0.1) is 0 Å². The maximum absolute atomic E-state index is 11.7. The molecule has 0 saturated carbocycles. The number of nitrogens with zero attached hydrogens (tertiary/aromatic N) is 2. The van der Waals surface area contributed by atoms with E-state index in [-0.39, 0.29) is 18.6 Å². The predicted molar refractivity (Wildman–Crippen MR) is 66.7 cm³/mol. The van der Waals surface area contributed by atoms with Gasteiger partial charge in [-0.2, -0.15) is 5.26 Å². The lowest BCUT2D eigenvalue weighted by Crippen LogP contribution is -2.47. The van der Waals surface area contributed by atoms with Gasteiger partial charge in [0.1, 0.15) is 6.61 Å². The molecule has 1 atom stereocenters. The molecule has 0 aliphatic carbocycles. The summed E-state index contributed by atoms with van der Waals surface area (Å²) in [7, 11) is 0. The highest BCUT2D eigenvalue weighted by molar-refractivity contribution is 5.78. The van der Waals surface area contributed by atoms with Crippen LogP contribution in [-0.2, 0) is 16.0 Å². The van der Waals surface area contributed by atoms with E-state index in [9.17, 15) is 4.79 Å². The van der Waals surface area contributed by atoms with Crippen molar-refractivity contribution in [1.29, 1.82) is 5.26 Å². The number of morpholine rings is 1. The van der Waals surface area contributed by atoms with E-state index in [4.69, 9.17) is 10.00 Å². The van der Waals surface area contributed by atoms with Gasteiger partial charge < -0.3 is 9.64 Å². The third-order valence-corrected chi connectivity index (χ3v) is 3.05. The van der Waals surface area contributed by atoms with Crippen LogP contribution in [0.5, 0.6) is 0 Å². The normalized spacial score (nSPS) is 19.6. The van der Waals surface area contributed by atoms with Crippen LogP contribution >= 0.6 is 0 Å². The number of carbonyl (C=O) groups is 1. The molecule has 1 aromatic rings. The first-order chi connectivity index (χ1) is 8.79. The summed E-state index contributed by atoms with van der Waals surface area (Å²) in [6.45, 7) is 1.31. The van der Waals surface area contributed by atoms with E-state index >= 15 is 0 Å². The average Bonchev–Trinajstić information content (AvgIpc) is 2.41. The first kappa shape index (κ1) is 12.6. The van der Waals surface area contributed by atoms with Crippen molar-refractivity contribution in [2.75, 3.05) is 19.7 Å². The van der Waals surface area contributed by atoms with E-state index in [1.54, 1.807) is 4.90 Å². The lowest BCUT2D eigenvalue weighted by atomic mass is 10.1. The van der Waals surface area contributed by atoms with E-state index in [0.29, 0.717) is 19.5 Å². The zero-order valence-electron chi connectivity index (χ0n) is 10.2. The Hall–Kier alpha value is -1.86. The molecule has 1 aliphatic rings. The van der Waals surface area contributed by atoms with Crippen LogP contribution in [0.25, 0.3) is 0 Å². The van der Waals surface area contributed by atoms with Crippen LogP contribution in [0.2, 0.25) is 0 Å². The lowest BCUT2D eigenvalue weighted by molar-refractivity contribution is -0.148. The monoisotopic (exact) mass is 244 g/mol. The quantitative estimate of drug-likeness (QED) is 0.803. The number of rotatable bonds is 4. The van der Waals surface area contributed by atoms with Crippen molar-refractivity contribution in [3.8, 4) is 6.07 Å². The van der Waals surface area contributed by atoms with Crippen LogP contribution in [0.4, 0.5) is 0 Å². The molecular formula is C14H16N2O2. The molecule has 1 unspecified atom stereocenters. The summed E-state index contributed by atoms with van der Waals surface area (Å²) in [5.74, 6) is 0.0140. The van der Waals surface area contributed by atoms with Crippen molar-refractivity contribution < 1.29 is 9.53 Å². The Morgan fingerprint density at radius 1 is 1.39 bits per heavy atom. The predicted octanol–water partition coefficient (Wildman–Crippen LogP) is 1.37. The lowest BCUT2D eigenvalue weighted by Gasteiger charge is -2.31. The fraction of sp³-hybridized carbons (Fsp3) is 0.429. The van der Waals surface area contributed by atoms with Gasteiger partial charge in [0.2, 0.25) is 5.91 Å². The molecule has 2 rings (SSSR count). The first-order valence-corrected chi connectivity index (χ1v) is 6.10. The fourth-order valence-corrected chi connectivity index (χ4v) is 2.03. The number of amides is 1. The molecule has 1 heterocycles. The Bertz CT molecular complexity index is 439. The van der Waals surface area contributed by atoms with Gasteiger partial charge in [-0.05, 0) is 12.0 Å². The summed E-state index contributed by atoms with van der Waals surface area (Å²) in [5.41, 5.74) is 1.22. The van der Waals surface area contributed by atoms with Gasteiger partial charge >= 0.3 is 0 Å². The molecule has 1 aliphatic heterocycles. The molecule has 1 saturated heterocycles. The van der Waals surface area contributed by atoms with E-state index in [0.717, 1.165) is 6.42 Å². The molecule has 18 heavy (non-hydrogen) atoms. The molecule has 0 aromatic heterocycles. The maximum atomic E-state index is 11.7. The van der Waals surface area contributed by atoms with E-state index in [2.05, 4.69) is 18.2 Å². The zero-order valence-corrected chi connectivity index (χ0v) is 10.2. The summed E-state index contributed by atoms with van der Waals surface area (Å²) < 4.78 is 5.30. The highest BCUT2D eigenvalue weighted by Crippen LogP contribution is 2.10. The number of nitriles is 1. The molecule has 94 valence electrons. The van der Waals surface area contributed by atoms with Gasteiger partial charge in [0, 0.05) is 13.1 Å². The average molecular weight is 244 g/mol. The van der Waals surface area contributed by atoms with Gasteiger partial charge in [-0.1, -0.05) is 30.3 Å². The minimum Gasteiger partial charge on any atom is -0.365 e. The van der Waals surface area contributed by atoms with E-state index in [1.807, 2.05) is 18.2 Å². The van der Waals surface area contributed by atoms with Crippen LogP contribution < -0.4 is 0 Å². The Morgan fingerprint density at radius 2 is 2.17 bits per heavy atom. The Labute approximate surface area is 107 Å². The molecule has 0 radical (unpaired) electrons. The van der Waals surface area contributed by atoms with Crippen molar-refractivity contribution in [2.45, 2.75) is 18.9 Å². The van der Waals surface area contributed by atoms with E-state index in [1.165, 1.54) is 5.56 Å². The highest BCUT2D eigenvalue weighted by atomic mass is 16.5. The van der Waals surface area contributed by atoms with Crippen LogP contribution in [0.1, 0.15) is 12.0 Å². The smallest absolute Gasteiger partial charge is 0.248 e. The molecule has 1 amide bonds. The second kappa shape index (κ2) is 6.18. The summed E-state index contributed by atoms with van der Waals surface area (Å²) >= 11 is 0. The van der Waals surface area contributed by atoms with Crippen molar-refractivity contribution in [3.05, 3.63) is 35.9 Å². The summed E-state index contributed by atoms with van der Waals surface area (Å²) in [6.07, 6.45) is 1.05. The molecular weight excluding hydrogens is 228 g/mol. The molecule has 0 bridgehead atoms. The molecule has 4 heteroatoms. The van der Waals surface area contributed by atoms with Crippen molar-refractivity contribution in [1.82, 2.24) is 4.90 Å². The Kier molecular flexibility index (Phi) is 4.32. The maximum Gasteiger partial charge on any atom is 0.248 e. The number of ether oxygens (including phenoxy) is 1. The summed E-state index contributed by atoms with van der Waals surface area (Å²) in [6, 6.07) is 12.2. The number of carbonyl (C=O) groups excluding carboxylic acids is 1. The Balaban J connectivity index is 1.87. The van der Waals surface area contributed by atoms with Crippen molar-refractivity contribution in [3.63, 3.8) is 0 Å². The highest BCUT2D eigenvalue weighted by Gasteiger charge is 2.25. The molecule has 1 fully saturated rings. The van der Waals surface area contributed by atoms with E-state index < -0.39 is 0 Å². The molecule has 0 N–H and O–H groups in total. The van der Waals surface area contributed by atoms with Gasteiger partial charge in [-0.25, -0.2) is 0 Å². The minimum atomic E-state index is -0.136. The topological polar surface area (TPSA) is 53.3 Å². The number of benzene rings is 1. The van der Waals surface area contributed by atoms with Gasteiger partial charge in [0.05, 0.1) is 18.6 Å². The third-order valence-electron chi connectivity index (χ3n) is 3.05. The standard InChI is InChI=1S/C14H16N2O2/c15-8-6-13-10-16(14(17)11-18-13)9-7-12-4-2-1-3-5-12/h1-5,13H,6-7,9-11H2. The first-order valence-electron chi connectivity index (χ1n) is 6.10. The number of hydrogen-bond acceptors (Lipinski definition) is 3.